The van der Waals surface area contributed by atoms with Crippen LogP contribution in [0.15, 0.2) is 60.0 Å². The third kappa shape index (κ3) is 4.51. The summed E-state index contributed by atoms with van der Waals surface area (Å²) < 4.78 is 25.7. The fraction of sp³-hybridized carbons (Fsp3) is 0.222. The number of halogens is 1. The Balaban J connectivity index is 1.53. The molecule has 3 aromatic rings. The Bertz CT molecular complexity index is 808. The van der Waals surface area contributed by atoms with Gasteiger partial charge < -0.3 is 9.47 Å². The molecule has 7 heteroatoms. The van der Waals surface area contributed by atoms with Crippen LogP contribution in [-0.4, -0.2) is 34.2 Å². The normalized spacial score (nSPS) is 10.6. The van der Waals surface area contributed by atoms with Crippen molar-refractivity contribution >= 4 is 11.8 Å². The maximum absolute atomic E-state index is 12.8. The summed E-state index contributed by atoms with van der Waals surface area (Å²) >= 11 is 1.60. The van der Waals surface area contributed by atoms with Crippen molar-refractivity contribution in [2.75, 3.05) is 19.5 Å². The number of benzene rings is 2. The van der Waals surface area contributed by atoms with Gasteiger partial charge in [-0.15, -0.1) is 10.2 Å². The number of hydrogen-bond acceptors (Lipinski definition) is 5. The number of rotatable bonds is 8. The van der Waals surface area contributed by atoms with E-state index in [2.05, 4.69) is 10.2 Å². The molecule has 3 rings (SSSR count). The van der Waals surface area contributed by atoms with Gasteiger partial charge in [0.2, 0.25) is 0 Å². The fourth-order valence-electron chi connectivity index (χ4n) is 2.26. The molecule has 0 N–H and O–H groups in total. The zero-order valence-electron chi connectivity index (χ0n) is 13.8. The Morgan fingerprint density at radius 2 is 1.92 bits per heavy atom. The van der Waals surface area contributed by atoms with Crippen molar-refractivity contribution in [3.63, 3.8) is 0 Å². The highest BCUT2D eigenvalue weighted by molar-refractivity contribution is 7.99. The summed E-state index contributed by atoms with van der Waals surface area (Å²) in [6.07, 6.45) is 2.51. The summed E-state index contributed by atoms with van der Waals surface area (Å²) in [6, 6.07) is 13.8. The van der Waals surface area contributed by atoms with Crippen LogP contribution in [-0.2, 0) is 0 Å². The number of hydrogen-bond donors (Lipinski definition) is 0. The van der Waals surface area contributed by atoms with Gasteiger partial charge in [-0.05, 0) is 42.8 Å². The molecule has 0 bridgehead atoms. The fourth-order valence-corrected chi connectivity index (χ4v) is 3.09. The van der Waals surface area contributed by atoms with Crippen molar-refractivity contribution in [3.8, 4) is 17.2 Å². The second-order valence-electron chi connectivity index (χ2n) is 5.16. The topological polar surface area (TPSA) is 49.2 Å². The molecule has 0 saturated carbocycles. The van der Waals surface area contributed by atoms with Gasteiger partial charge in [-0.3, -0.25) is 4.57 Å². The van der Waals surface area contributed by atoms with Gasteiger partial charge >= 0.3 is 0 Å². The minimum Gasteiger partial charge on any atom is -0.495 e. The monoisotopic (exact) mass is 359 g/mol. The number of para-hydroxylation sites is 2. The molecule has 25 heavy (non-hydrogen) atoms. The van der Waals surface area contributed by atoms with E-state index in [-0.39, 0.29) is 5.82 Å². The van der Waals surface area contributed by atoms with Crippen LogP contribution in [0, 0.1) is 5.82 Å². The molecule has 0 aliphatic rings. The van der Waals surface area contributed by atoms with Gasteiger partial charge in [-0.25, -0.2) is 4.39 Å². The molecule has 0 amide bonds. The predicted molar refractivity (Wildman–Crippen MR) is 95.1 cm³/mol. The van der Waals surface area contributed by atoms with E-state index in [0.29, 0.717) is 12.4 Å². The summed E-state index contributed by atoms with van der Waals surface area (Å²) in [7, 11) is 1.64. The third-order valence-electron chi connectivity index (χ3n) is 3.46. The Labute approximate surface area is 149 Å². The molecule has 1 heterocycles. The number of methoxy groups -OCH3 is 1. The SMILES string of the molecule is COc1ccccc1-n1cnnc1SCCCOc1ccc(F)cc1. The lowest BCUT2D eigenvalue weighted by Crippen LogP contribution is -2.01. The smallest absolute Gasteiger partial charge is 0.195 e. The van der Waals surface area contributed by atoms with E-state index in [1.54, 1.807) is 37.3 Å². The first-order valence-electron chi connectivity index (χ1n) is 7.82. The second kappa shape index (κ2) is 8.53. The van der Waals surface area contributed by atoms with Crippen molar-refractivity contribution in [1.82, 2.24) is 14.8 Å². The van der Waals surface area contributed by atoms with Crippen LogP contribution in [0.5, 0.6) is 11.5 Å². The molecule has 0 radical (unpaired) electrons. The molecule has 0 fully saturated rings. The Morgan fingerprint density at radius 1 is 1.12 bits per heavy atom. The lowest BCUT2D eigenvalue weighted by Gasteiger charge is -2.10. The van der Waals surface area contributed by atoms with Gasteiger partial charge in [-0.2, -0.15) is 0 Å². The average molecular weight is 359 g/mol. The first-order chi connectivity index (χ1) is 12.3. The van der Waals surface area contributed by atoms with Crippen LogP contribution in [0.4, 0.5) is 4.39 Å². The Kier molecular flexibility index (Phi) is 5.90. The molecule has 0 atom stereocenters. The molecular formula is C18H18FN3O2S. The minimum absolute atomic E-state index is 0.265. The number of ether oxygens (including phenoxy) is 2. The van der Waals surface area contributed by atoms with E-state index in [4.69, 9.17) is 9.47 Å². The Morgan fingerprint density at radius 3 is 2.72 bits per heavy atom. The van der Waals surface area contributed by atoms with Crippen LogP contribution < -0.4 is 9.47 Å². The van der Waals surface area contributed by atoms with Gasteiger partial charge in [0.15, 0.2) is 5.16 Å². The van der Waals surface area contributed by atoms with Crippen LogP contribution >= 0.6 is 11.8 Å². The van der Waals surface area contributed by atoms with E-state index in [1.807, 2.05) is 28.8 Å². The summed E-state index contributed by atoms with van der Waals surface area (Å²) in [5.74, 6) is 2.00. The summed E-state index contributed by atoms with van der Waals surface area (Å²) in [5, 5.41) is 8.97. The maximum atomic E-state index is 12.8. The standard InChI is InChI=1S/C18H18FN3O2S/c1-23-17-6-3-2-5-16(17)22-13-20-21-18(22)25-12-4-11-24-15-9-7-14(19)8-10-15/h2-3,5-10,13H,4,11-12H2,1H3. The molecule has 0 aliphatic heterocycles. The number of nitrogens with zero attached hydrogens (tertiary/aromatic N) is 3. The van der Waals surface area contributed by atoms with Crippen molar-refractivity contribution in [3.05, 3.63) is 60.7 Å². The van der Waals surface area contributed by atoms with Crippen LogP contribution in [0.2, 0.25) is 0 Å². The summed E-state index contributed by atoms with van der Waals surface area (Å²) in [6.45, 7) is 0.557. The summed E-state index contributed by atoms with van der Waals surface area (Å²) in [5.41, 5.74) is 0.903. The van der Waals surface area contributed by atoms with Gasteiger partial charge in [0.25, 0.3) is 0 Å². The van der Waals surface area contributed by atoms with Crippen molar-refractivity contribution in [1.29, 1.82) is 0 Å². The first kappa shape index (κ1) is 17.3. The second-order valence-corrected chi connectivity index (χ2v) is 6.22. The quantitative estimate of drug-likeness (QED) is 0.450. The van der Waals surface area contributed by atoms with E-state index in [0.717, 1.165) is 28.8 Å². The highest BCUT2D eigenvalue weighted by Gasteiger charge is 2.10. The highest BCUT2D eigenvalue weighted by atomic mass is 32.2. The molecule has 2 aromatic carbocycles. The predicted octanol–water partition coefficient (Wildman–Crippen LogP) is 3.98. The Hall–Kier alpha value is -2.54. The van der Waals surface area contributed by atoms with E-state index >= 15 is 0 Å². The zero-order chi connectivity index (χ0) is 17.5. The minimum atomic E-state index is -0.265. The maximum Gasteiger partial charge on any atom is 0.195 e. The molecule has 0 spiro atoms. The van der Waals surface area contributed by atoms with Gasteiger partial charge in [-0.1, -0.05) is 23.9 Å². The van der Waals surface area contributed by atoms with Gasteiger partial charge in [0.05, 0.1) is 19.4 Å². The van der Waals surface area contributed by atoms with Crippen LogP contribution in [0.25, 0.3) is 5.69 Å². The van der Waals surface area contributed by atoms with E-state index in [9.17, 15) is 4.39 Å². The van der Waals surface area contributed by atoms with Gasteiger partial charge in [0.1, 0.15) is 23.6 Å². The molecule has 1 aromatic heterocycles. The highest BCUT2D eigenvalue weighted by Crippen LogP contribution is 2.26. The van der Waals surface area contributed by atoms with Gasteiger partial charge in [0, 0.05) is 5.75 Å². The largest absolute Gasteiger partial charge is 0.495 e. The van der Waals surface area contributed by atoms with Crippen molar-refractivity contribution < 1.29 is 13.9 Å². The number of aromatic nitrogens is 3. The molecule has 0 saturated heterocycles. The van der Waals surface area contributed by atoms with E-state index in [1.165, 1.54) is 12.1 Å². The number of thioether (sulfide) groups is 1. The zero-order valence-corrected chi connectivity index (χ0v) is 14.6. The molecule has 5 nitrogen and oxygen atoms in total. The molecule has 0 aliphatic carbocycles. The average Bonchev–Trinajstić information content (AvgIpc) is 3.11. The van der Waals surface area contributed by atoms with Crippen LogP contribution in [0.3, 0.4) is 0 Å². The van der Waals surface area contributed by atoms with Crippen molar-refractivity contribution in [2.45, 2.75) is 11.6 Å². The molecule has 130 valence electrons. The molecular weight excluding hydrogens is 341 g/mol. The summed E-state index contributed by atoms with van der Waals surface area (Å²) in [4.78, 5) is 0. The lowest BCUT2D eigenvalue weighted by atomic mass is 10.3. The first-order valence-corrected chi connectivity index (χ1v) is 8.81. The van der Waals surface area contributed by atoms with E-state index < -0.39 is 0 Å². The van der Waals surface area contributed by atoms with Crippen LogP contribution in [0.1, 0.15) is 6.42 Å². The lowest BCUT2D eigenvalue weighted by molar-refractivity contribution is 0.318. The third-order valence-corrected chi connectivity index (χ3v) is 4.49. The van der Waals surface area contributed by atoms with Crippen molar-refractivity contribution in [2.24, 2.45) is 0 Å². The molecule has 0 unspecified atom stereocenters.